The number of hydrogen-bond acceptors (Lipinski definition) is 6. The maximum absolute atomic E-state index is 11.9. The molecule has 1 saturated heterocycles. The molecule has 0 bridgehead atoms. The molecule has 2 amide bonds. The number of aliphatic carboxylic acids is 1. The number of amides is 2. The minimum atomic E-state index is -1.07. The Labute approximate surface area is 114 Å². The standard InChI is InChI=1S/C11H16N4O5/c1-7-13-9(20-14-7)2-3-12-11(18)15-4-5-19-8(6-15)10(16)17/h8H,2-6H2,1H3,(H,12,18)(H,16,17). The molecule has 0 aromatic carbocycles. The third-order valence-corrected chi connectivity index (χ3v) is 2.81. The molecule has 0 radical (unpaired) electrons. The van der Waals surface area contributed by atoms with Crippen LogP contribution in [0.3, 0.4) is 0 Å². The monoisotopic (exact) mass is 284 g/mol. The normalized spacial score (nSPS) is 18.9. The lowest BCUT2D eigenvalue weighted by molar-refractivity contribution is -0.154. The van der Waals surface area contributed by atoms with Gasteiger partial charge in [-0.2, -0.15) is 4.98 Å². The van der Waals surface area contributed by atoms with Gasteiger partial charge in [0.05, 0.1) is 13.2 Å². The van der Waals surface area contributed by atoms with Crippen molar-refractivity contribution in [3.05, 3.63) is 11.7 Å². The first-order valence-corrected chi connectivity index (χ1v) is 6.22. The van der Waals surface area contributed by atoms with E-state index in [1.165, 1.54) is 4.90 Å². The maximum atomic E-state index is 11.9. The van der Waals surface area contributed by atoms with E-state index in [1.807, 2.05) is 0 Å². The summed E-state index contributed by atoms with van der Waals surface area (Å²) in [6.07, 6.45) is -0.535. The van der Waals surface area contributed by atoms with Crippen molar-refractivity contribution >= 4 is 12.0 Å². The molecule has 2 N–H and O–H groups in total. The minimum absolute atomic E-state index is 0.0425. The predicted octanol–water partition coefficient (Wildman–Crippen LogP) is -0.584. The molecule has 1 aliphatic rings. The highest BCUT2D eigenvalue weighted by Gasteiger charge is 2.28. The van der Waals surface area contributed by atoms with Crippen LogP contribution in [0.15, 0.2) is 4.52 Å². The Kier molecular flexibility index (Phi) is 4.51. The van der Waals surface area contributed by atoms with E-state index in [-0.39, 0.29) is 19.2 Å². The average Bonchev–Trinajstić information content (AvgIpc) is 2.84. The Bertz CT molecular complexity index is 489. The van der Waals surface area contributed by atoms with Gasteiger partial charge in [0, 0.05) is 19.5 Å². The Morgan fingerprint density at radius 2 is 2.35 bits per heavy atom. The van der Waals surface area contributed by atoms with Crippen molar-refractivity contribution in [3.8, 4) is 0 Å². The van der Waals surface area contributed by atoms with Crippen LogP contribution in [-0.2, 0) is 16.0 Å². The van der Waals surface area contributed by atoms with Crippen LogP contribution in [0, 0.1) is 6.92 Å². The average molecular weight is 284 g/mol. The SMILES string of the molecule is Cc1noc(CCNC(=O)N2CCOC(C(=O)O)C2)n1. The van der Waals surface area contributed by atoms with Gasteiger partial charge in [0.1, 0.15) is 0 Å². The van der Waals surface area contributed by atoms with E-state index >= 15 is 0 Å². The van der Waals surface area contributed by atoms with Crippen molar-refractivity contribution in [1.82, 2.24) is 20.4 Å². The highest BCUT2D eigenvalue weighted by molar-refractivity contribution is 5.77. The first-order chi connectivity index (χ1) is 9.56. The second-order valence-corrected chi connectivity index (χ2v) is 4.36. The first kappa shape index (κ1) is 14.3. The van der Waals surface area contributed by atoms with Crippen LogP contribution in [0.5, 0.6) is 0 Å². The van der Waals surface area contributed by atoms with E-state index in [1.54, 1.807) is 6.92 Å². The lowest BCUT2D eigenvalue weighted by atomic mass is 10.3. The Morgan fingerprint density at radius 3 is 3.00 bits per heavy atom. The van der Waals surface area contributed by atoms with Crippen molar-refractivity contribution < 1.29 is 24.0 Å². The molecule has 1 aromatic heterocycles. The quantitative estimate of drug-likeness (QED) is 0.759. The van der Waals surface area contributed by atoms with Crippen LogP contribution >= 0.6 is 0 Å². The van der Waals surface area contributed by atoms with E-state index in [0.717, 1.165) is 0 Å². The van der Waals surface area contributed by atoms with Gasteiger partial charge in [-0.3, -0.25) is 0 Å². The fourth-order valence-electron chi connectivity index (χ4n) is 1.81. The number of morpholine rings is 1. The van der Waals surface area contributed by atoms with E-state index in [4.69, 9.17) is 14.4 Å². The number of carboxylic acid groups (broad SMARTS) is 1. The van der Waals surface area contributed by atoms with Gasteiger partial charge in [0.25, 0.3) is 0 Å². The highest BCUT2D eigenvalue weighted by atomic mass is 16.5. The van der Waals surface area contributed by atoms with Crippen LogP contribution in [0.1, 0.15) is 11.7 Å². The van der Waals surface area contributed by atoms with E-state index in [2.05, 4.69) is 15.5 Å². The summed E-state index contributed by atoms with van der Waals surface area (Å²) in [4.78, 5) is 28.1. The number of carbonyl (C=O) groups excluding carboxylic acids is 1. The van der Waals surface area contributed by atoms with Crippen LogP contribution in [-0.4, -0.2) is 64.5 Å². The van der Waals surface area contributed by atoms with E-state index < -0.39 is 12.1 Å². The maximum Gasteiger partial charge on any atom is 0.334 e. The molecule has 1 atom stereocenters. The van der Waals surface area contributed by atoms with Crippen LogP contribution < -0.4 is 5.32 Å². The molecule has 9 nitrogen and oxygen atoms in total. The molecule has 0 aliphatic carbocycles. The Morgan fingerprint density at radius 1 is 1.55 bits per heavy atom. The molecule has 20 heavy (non-hydrogen) atoms. The van der Waals surface area contributed by atoms with Gasteiger partial charge in [-0.25, -0.2) is 9.59 Å². The largest absolute Gasteiger partial charge is 0.479 e. The smallest absolute Gasteiger partial charge is 0.334 e. The Hall–Kier alpha value is -2.16. The summed E-state index contributed by atoms with van der Waals surface area (Å²) in [5.74, 6) is -0.0687. The molecule has 0 saturated carbocycles. The molecular formula is C11H16N4O5. The lowest BCUT2D eigenvalue weighted by Crippen LogP contribution is -2.52. The zero-order valence-corrected chi connectivity index (χ0v) is 11.0. The summed E-state index contributed by atoms with van der Waals surface area (Å²) in [7, 11) is 0. The number of rotatable bonds is 4. The molecule has 1 aliphatic heterocycles. The van der Waals surface area contributed by atoms with Gasteiger partial charge in [-0.1, -0.05) is 5.16 Å². The van der Waals surface area contributed by atoms with Crippen molar-refractivity contribution in [2.45, 2.75) is 19.4 Å². The first-order valence-electron chi connectivity index (χ1n) is 6.22. The zero-order valence-electron chi connectivity index (χ0n) is 11.0. The molecule has 110 valence electrons. The molecule has 0 spiro atoms. The van der Waals surface area contributed by atoms with E-state index in [9.17, 15) is 9.59 Å². The Balaban J connectivity index is 1.75. The third kappa shape index (κ3) is 3.67. The zero-order chi connectivity index (χ0) is 14.5. The number of nitrogens with one attached hydrogen (secondary N) is 1. The number of aromatic nitrogens is 2. The topological polar surface area (TPSA) is 118 Å². The molecular weight excluding hydrogens is 268 g/mol. The predicted molar refractivity (Wildman–Crippen MR) is 65.1 cm³/mol. The minimum Gasteiger partial charge on any atom is -0.479 e. The van der Waals surface area contributed by atoms with E-state index in [0.29, 0.717) is 31.2 Å². The molecule has 2 rings (SSSR count). The number of hydrogen-bond donors (Lipinski definition) is 2. The van der Waals surface area contributed by atoms with Gasteiger partial charge in [-0.05, 0) is 6.92 Å². The molecule has 1 fully saturated rings. The van der Waals surface area contributed by atoms with Crippen molar-refractivity contribution in [1.29, 1.82) is 0 Å². The van der Waals surface area contributed by atoms with Crippen molar-refractivity contribution in [3.63, 3.8) is 0 Å². The second-order valence-electron chi connectivity index (χ2n) is 4.36. The summed E-state index contributed by atoms with van der Waals surface area (Å²) >= 11 is 0. The van der Waals surface area contributed by atoms with Crippen molar-refractivity contribution in [2.24, 2.45) is 0 Å². The highest BCUT2D eigenvalue weighted by Crippen LogP contribution is 2.05. The number of carbonyl (C=O) groups is 2. The van der Waals surface area contributed by atoms with Gasteiger partial charge >= 0.3 is 12.0 Å². The van der Waals surface area contributed by atoms with Gasteiger partial charge in [0.2, 0.25) is 5.89 Å². The number of urea groups is 1. The van der Waals surface area contributed by atoms with Crippen LogP contribution in [0.4, 0.5) is 4.79 Å². The van der Waals surface area contributed by atoms with Gasteiger partial charge in [-0.15, -0.1) is 0 Å². The third-order valence-electron chi connectivity index (χ3n) is 2.81. The summed E-state index contributed by atoms with van der Waals surface area (Å²) < 4.78 is 9.96. The summed E-state index contributed by atoms with van der Waals surface area (Å²) in [5, 5.41) is 15.2. The summed E-state index contributed by atoms with van der Waals surface area (Å²) in [5.41, 5.74) is 0. The lowest BCUT2D eigenvalue weighted by Gasteiger charge is -2.30. The number of ether oxygens (including phenoxy) is 1. The number of carboxylic acids is 1. The van der Waals surface area contributed by atoms with Gasteiger partial charge in [0.15, 0.2) is 11.9 Å². The van der Waals surface area contributed by atoms with Gasteiger partial charge < -0.3 is 24.6 Å². The molecule has 1 aromatic rings. The summed E-state index contributed by atoms with van der Waals surface area (Å²) in [6, 6.07) is -0.323. The second kappa shape index (κ2) is 6.33. The summed E-state index contributed by atoms with van der Waals surface area (Å²) in [6.45, 7) is 2.68. The molecule has 1 unspecified atom stereocenters. The van der Waals surface area contributed by atoms with Crippen molar-refractivity contribution in [2.75, 3.05) is 26.2 Å². The van der Waals surface area contributed by atoms with Crippen LogP contribution in [0.2, 0.25) is 0 Å². The number of aryl methyl sites for hydroxylation is 1. The molecule has 9 heteroatoms. The fraction of sp³-hybridized carbons (Fsp3) is 0.636. The fourth-order valence-corrected chi connectivity index (χ4v) is 1.81. The van der Waals surface area contributed by atoms with Crippen LogP contribution in [0.25, 0.3) is 0 Å². The molecule has 2 heterocycles. The number of nitrogens with zero attached hydrogens (tertiary/aromatic N) is 3.